The third-order valence-corrected chi connectivity index (χ3v) is 7.93. The molecule has 0 fully saturated rings. The number of rotatable bonds is 24. The van der Waals surface area contributed by atoms with Crippen molar-refractivity contribution in [2.24, 2.45) is 11.3 Å². The highest BCUT2D eigenvalue weighted by Gasteiger charge is 2.30. The Hall–Kier alpha value is -3.55. The third-order valence-electron chi connectivity index (χ3n) is 7.93. The Bertz CT molecular complexity index is 1190. The number of carbonyl (C=O) groups excluding carboxylic acids is 5. The summed E-state index contributed by atoms with van der Waals surface area (Å²) in [5.74, 6) is -0.479. The monoisotopic (exact) mass is 691 g/mol. The number of hydrogen-bond donors (Lipinski definition) is 5. The van der Waals surface area contributed by atoms with Crippen LogP contribution in [0.3, 0.4) is 0 Å². The first-order valence-corrected chi connectivity index (χ1v) is 17.2. The Morgan fingerprint density at radius 3 is 1.73 bits per heavy atom. The number of carbonyl (C=O) groups is 5. The Morgan fingerprint density at radius 1 is 0.735 bits per heavy atom. The molecule has 278 valence electrons. The molecule has 0 saturated heterocycles. The number of benzene rings is 1. The number of amides is 5. The third kappa shape index (κ3) is 18.7. The lowest BCUT2D eigenvalue weighted by Crippen LogP contribution is -2.47. The minimum Gasteiger partial charge on any atom is -0.379 e. The smallest absolute Gasteiger partial charge is 0.251 e. The van der Waals surface area contributed by atoms with E-state index in [1.807, 2.05) is 34.6 Å². The van der Waals surface area contributed by atoms with E-state index < -0.39 is 17.1 Å². The lowest BCUT2D eigenvalue weighted by molar-refractivity contribution is -0.133. The van der Waals surface area contributed by atoms with Gasteiger partial charge < -0.3 is 40.8 Å². The van der Waals surface area contributed by atoms with Gasteiger partial charge in [0.1, 0.15) is 0 Å². The van der Waals surface area contributed by atoms with Crippen LogP contribution in [0.25, 0.3) is 0 Å². The summed E-state index contributed by atoms with van der Waals surface area (Å²) in [6.07, 6.45) is 2.23. The first-order chi connectivity index (χ1) is 23.0. The fourth-order valence-corrected chi connectivity index (χ4v) is 4.51. The molecular weight excluding hydrogens is 630 g/mol. The summed E-state index contributed by atoms with van der Waals surface area (Å²) in [5, 5.41) is 13.9. The number of nitrogens with one attached hydrogen (secondary N) is 5. The summed E-state index contributed by atoms with van der Waals surface area (Å²) >= 11 is 0. The van der Waals surface area contributed by atoms with E-state index in [0.29, 0.717) is 49.6 Å². The molecule has 13 nitrogen and oxygen atoms in total. The Labute approximate surface area is 292 Å². The minimum absolute atomic E-state index is 0.142. The van der Waals surface area contributed by atoms with Crippen LogP contribution < -0.4 is 26.6 Å². The standard InChI is InChI=1S/C36H61N5O8/c1-25(2)10-15-39-32(44)27-20-26(3)21-28(22-27)33(45)40-16-13-36(6,7)49-19-14-35(4,5)34(46)41-29(23-47-17-11-30(42)37-8)24-48-18-12-31(43)38-9/h20-22,25,29H,10-19,23-24H2,1-9H3,(H,37,42)(H,38,43)(H,39,44)(H,40,45)(H,41,46). The zero-order chi connectivity index (χ0) is 37.0. The molecule has 1 rings (SSSR count). The molecule has 0 aliphatic carbocycles. The zero-order valence-corrected chi connectivity index (χ0v) is 31.1. The Morgan fingerprint density at radius 2 is 1.24 bits per heavy atom. The van der Waals surface area contributed by atoms with Crippen LogP contribution in [0.5, 0.6) is 0 Å². The topological polar surface area (TPSA) is 173 Å². The quantitative estimate of drug-likeness (QED) is 0.103. The minimum atomic E-state index is -0.781. The molecule has 0 unspecified atom stereocenters. The maximum atomic E-state index is 13.3. The van der Waals surface area contributed by atoms with Gasteiger partial charge in [-0.05, 0) is 69.7 Å². The van der Waals surface area contributed by atoms with E-state index in [4.69, 9.17) is 14.2 Å². The van der Waals surface area contributed by atoms with Gasteiger partial charge in [0.05, 0.1) is 38.1 Å². The summed E-state index contributed by atoms with van der Waals surface area (Å²) in [5.41, 5.74) is 0.347. The van der Waals surface area contributed by atoms with Gasteiger partial charge in [-0.15, -0.1) is 0 Å². The highest BCUT2D eigenvalue weighted by Crippen LogP contribution is 2.23. The molecule has 49 heavy (non-hydrogen) atoms. The van der Waals surface area contributed by atoms with Crippen molar-refractivity contribution in [1.82, 2.24) is 26.6 Å². The van der Waals surface area contributed by atoms with Gasteiger partial charge in [0, 0.05) is 63.2 Å². The summed E-state index contributed by atoms with van der Waals surface area (Å²) in [6.45, 7) is 15.5. The lowest BCUT2D eigenvalue weighted by Gasteiger charge is -2.30. The molecule has 0 aliphatic heterocycles. The average molecular weight is 692 g/mol. The van der Waals surface area contributed by atoms with E-state index in [-0.39, 0.29) is 68.8 Å². The summed E-state index contributed by atoms with van der Waals surface area (Å²) in [6, 6.07) is 4.66. The summed E-state index contributed by atoms with van der Waals surface area (Å²) in [4.78, 5) is 61.8. The van der Waals surface area contributed by atoms with Crippen molar-refractivity contribution in [3.63, 3.8) is 0 Å². The van der Waals surface area contributed by atoms with Gasteiger partial charge in [0.15, 0.2) is 0 Å². The first kappa shape index (κ1) is 43.5. The van der Waals surface area contributed by atoms with Crippen molar-refractivity contribution in [2.75, 3.05) is 60.2 Å². The molecule has 0 radical (unpaired) electrons. The van der Waals surface area contributed by atoms with Gasteiger partial charge in [0.25, 0.3) is 11.8 Å². The van der Waals surface area contributed by atoms with Gasteiger partial charge in [-0.2, -0.15) is 0 Å². The van der Waals surface area contributed by atoms with E-state index in [9.17, 15) is 24.0 Å². The van der Waals surface area contributed by atoms with Crippen LogP contribution in [0.4, 0.5) is 0 Å². The molecule has 5 amide bonds. The van der Waals surface area contributed by atoms with Gasteiger partial charge in [-0.25, -0.2) is 0 Å². The van der Waals surface area contributed by atoms with Crippen molar-refractivity contribution in [3.05, 3.63) is 34.9 Å². The second kappa shape index (κ2) is 22.2. The van der Waals surface area contributed by atoms with Crippen molar-refractivity contribution >= 4 is 29.5 Å². The van der Waals surface area contributed by atoms with Crippen LogP contribution in [-0.4, -0.2) is 101 Å². The molecule has 0 saturated carbocycles. The van der Waals surface area contributed by atoms with Crippen LogP contribution in [-0.2, 0) is 28.6 Å². The second-order valence-electron chi connectivity index (χ2n) is 13.9. The second-order valence-corrected chi connectivity index (χ2v) is 13.9. The van der Waals surface area contributed by atoms with Crippen LogP contribution in [0.15, 0.2) is 18.2 Å². The molecule has 13 heteroatoms. The molecule has 1 aromatic carbocycles. The summed E-state index contributed by atoms with van der Waals surface area (Å²) < 4.78 is 17.4. The molecule has 5 N–H and O–H groups in total. The number of hydrogen-bond acceptors (Lipinski definition) is 8. The maximum absolute atomic E-state index is 13.3. The van der Waals surface area contributed by atoms with Crippen LogP contribution >= 0.6 is 0 Å². The van der Waals surface area contributed by atoms with Gasteiger partial charge in [0.2, 0.25) is 17.7 Å². The maximum Gasteiger partial charge on any atom is 0.251 e. The molecule has 0 heterocycles. The van der Waals surface area contributed by atoms with E-state index in [2.05, 4.69) is 40.4 Å². The summed E-state index contributed by atoms with van der Waals surface area (Å²) in [7, 11) is 3.11. The van der Waals surface area contributed by atoms with Crippen molar-refractivity contribution in [3.8, 4) is 0 Å². The van der Waals surface area contributed by atoms with Crippen LogP contribution in [0.2, 0.25) is 0 Å². The predicted octanol–water partition coefficient (Wildman–Crippen LogP) is 2.89. The Balaban J connectivity index is 2.62. The van der Waals surface area contributed by atoms with E-state index in [0.717, 1.165) is 12.0 Å². The molecule has 1 aromatic rings. The van der Waals surface area contributed by atoms with Crippen molar-refractivity contribution < 1.29 is 38.2 Å². The average Bonchev–Trinajstić information content (AvgIpc) is 3.03. The molecule has 0 aromatic heterocycles. The molecule has 0 atom stereocenters. The molecule has 0 spiro atoms. The lowest BCUT2D eigenvalue weighted by atomic mass is 9.88. The van der Waals surface area contributed by atoms with Crippen molar-refractivity contribution in [1.29, 1.82) is 0 Å². The van der Waals surface area contributed by atoms with Gasteiger partial charge >= 0.3 is 0 Å². The highest BCUT2D eigenvalue weighted by atomic mass is 16.5. The molecule has 0 bridgehead atoms. The fraction of sp³-hybridized carbons (Fsp3) is 0.694. The largest absolute Gasteiger partial charge is 0.379 e. The van der Waals surface area contributed by atoms with Gasteiger partial charge in [-0.1, -0.05) is 27.7 Å². The predicted molar refractivity (Wildman–Crippen MR) is 189 cm³/mol. The highest BCUT2D eigenvalue weighted by molar-refractivity contribution is 6.00. The number of ether oxygens (including phenoxy) is 3. The fourth-order valence-electron chi connectivity index (χ4n) is 4.51. The number of aryl methyl sites for hydroxylation is 1. The Kier molecular flexibility index (Phi) is 19.7. The SMILES string of the molecule is CNC(=O)CCOCC(COCCC(=O)NC)NC(=O)C(C)(C)CCOC(C)(C)CCNC(=O)c1cc(C)cc(C(=O)NCCC(C)C)c1. The molecule has 0 aliphatic rings. The van der Waals surface area contributed by atoms with Gasteiger partial charge in [-0.3, -0.25) is 24.0 Å². The van der Waals surface area contributed by atoms with Crippen LogP contribution in [0, 0.1) is 18.3 Å². The van der Waals surface area contributed by atoms with E-state index in [1.165, 1.54) is 0 Å². The zero-order valence-electron chi connectivity index (χ0n) is 31.1. The van der Waals surface area contributed by atoms with E-state index >= 15 is 0 Å². The van der Waals surface area contributed by atoms with E-state index in [1.54, 1.807) is 32.3 Å². The first-order valence-electron chi connectivity index (χ1n) is 17.2. The normalized spacial score (nSPS) is 11.7. The van der Waals surface area contributed by atoms with Crippen molar-refractivity contribution in [2.45, 2.75) is 92.2 Å². The van der Waals surface area contributed by atoms with Crippen LogP contribution in [0.1, 0.15) is 99.9 Å². The molecular formula is C36H61N5O8.